The quantitative estimate of drug-likeness (QED) is 0.498. The van der Waals surface area contributed by atoms with Crippen LogP contribution in [-0.4, -0.2) is 11.1 Å². The summed E-state index contributed by atoms with van der Waals surface area (Å²) < 4.78 is 0. The first kappa shape index (κ1) is 18.9. The molecular formula is C21H26O2. The molecule has 0 aromatic heterocycles. The summed E-state index contributed by atoms with van der Waals surface area (Å²) >= 11 is 0. The van der Waals surface area contributed by atoms with Crippen molar-refractivity contribution in [1.29, 1.82) is 0 Å². The number of unbranched alkanes of at least 4 members (excludes halogenated alkanes) is 8. The summed E-state index contributed by atoms with van der Waals surface area (Å²) in [5.41, 5.74) is 1.06. The van der Waals surface area contributed by atoms with E-state index in [9.17, 15) is 4.79 Å². The van der Waals surface area contributed by atoms with E-state index in [0.29, 0.717) is 0 Å². The van der Waals surface area contributed by atoms with Gasteiger partial charge in [0.05, 0.1) is 5.56 Å². The smallest absolute Gasteiger partial charge is 0.335 e. The molecule has 1 rings (SSSR count). The van der Waals surface area contributed by atoms with E-state index in [4.69, 9.17) is 5.11 Å². The van der Waals surface area contributed by atoms with Crippen molar-refractivity contribution in [3.63, 3.8) is 0 Å². The lowest BCUT2D eigenvalue weighted by molar-refractivity contribution is 0.0697. The van der Waals surface area contributed by atoms with Crippen molar-refractivity contribution < 1.29 is 9.90 Å². The molecule has 0 fully saturated rings. The van der Waals surface area contributed by atoms with Gasteiger partial charge in [-0.25, -0.2) is 4.79 Å². The fourth-order valence-electron chi connectivity index (χ4n) is 2.25. The van der Waals surface area contributed by atoms with Gasteiger partial charge < -0.3 is 5.11 Å². The Balaban J connectivity index is 2.15. The summed E-state index contributed by atoms with van der Waals surface area (Å²) in [6, 6.07) is 6.52. The zero-order chi connectivity index (χ0) is 16.8. The van der Waals surface area contributed by atoms with Crippen LogP contribution in [0.15, 0.2) is 24.3 Å². The SMILES string of the molecule is CCCCCCCCCCC#CC#Cc1ccc(C(=O)O)cc1. The molecular weight excluding hydrogens is 284 g/mol. The lowest BCUT2D eigenvalue weighted by Gasteiger charge is -1.98. The average molecular weight is 310 g/mol. The first-order valence-electron chi connectivity index (χ1n) is 8.56. The molecule has 0 amide bonds. The van der Waals surface area contributed by atoms with Gasteiger partial charge in [0.1, 0.15) is 0 Å². The van der Waals surface area contributed by atoms with Crippen LogP contribution in [0.3, 0.4) is 0 Å². The van der Waals surface area contributed by atoms with Crippen LogP contribution >= 0.6 is 0 Å². The maximum Gasteiger partial charge on any atom is 0.335 e. The Kier molecular flexibility index (Phi) is 10.1. The summed E-state index contributed by atoms with van der Waals surface area (Å²) in [5.74, 6) is 10.8. The minimum absolute atomic E-state index is 0.274. The molecule has 1 aromatic carbocycles. The van der Waals surface area contributed by atoms with Gasteiger partial charge in [-0.05, 0) is 42.5 Å². The predicted molar refractivity (Wildman–Crippen MR) is 95.3 cm³/mol. The molecule has 2 nitrogen and oxygen atoms in total. The standard InChI is InChI=1S/C21H26O2/c1-2-3-4-5-6-7-8-9-10-11-12-13-14-19-15-17-20(18-16-19)21(22)23/h15-18H,2-10H2,1H3,(H,22,23). The molecule has 2 heteroatoms. The van der Waals surface area contributed by atoms with E-state index in [0.717, 1.165) is 18.4 Å². The Morgan fingerprint density at radius 2 is 1.52 bits per heavy atom. The maximum absolute atomic E-state index is 10.7. The van der Waals surface area contributed by atoms with Crippen LogP contribution in [-0.2, 0) is 0 Å². The van der Waals surface area contributed by atoms with Crippen LogP contribution in [0.25, 0.3) is 0 Å². The van der Waals surface area contributed by atoms with Gasteiger partial charge in [-0.15, -0.1) is 0 Å². The minimum Gasteiger partial charge on any atom is -0.478 e. The first-order chi connectivity index (χ1) is 11.2. The molecule has 122 valence electrons. The summed E-state index contributed by atoms with van der Waals surface area (Å²) in [5, 5.41) is 8.81. The number of hydrogen-bond acceptors (Lipinski definition) is 1. The lowest BCUT2D eigenvalue weighted by Crippen LogP contribution is -1.94. The zero-order valence-corrected chi connectivity index (χ0v) is 14.0. The van der Waals surface area contributed by atoms with E-state index in [1.165, 1.54) is 44.9 Å². The molecule has 0 aliphatic heterocycles. The Labute approximate surface area is 140 Å². The molecule has 0 spiro atoms. The fraction of sp³-hybridized carbons (Fsp3) is 0.476. The van der Waals surface area contributed by atoms with Gasteiger partial charge in [0.25, 0.3) is 0 Å². The number of carboxylic acids is 1. The van der Waals surface area contributed by atoms with Crippen molar-refractivity contribution in [1.82, 2.24) is 0 Å². The molecule has 0 aliphatic rings. The third-order valence-corrected chi connectivity index (χ3v) is 3.64. The highest BCUT2D eigenvalue weighted by molar-refractivity contribution is 5.87. The van der Waals surface area contributed by atoms with Crippen molar-refractivity contribution in [2.45, 2.75) is 64.7 Å². The second kappa shape index (κ2) is 12.4. The van der Waals surface area contributed by atoms with Crippen molar-refractivity contribution in [3.8, 4) is 23.7 Å². The van der Waals surface area contributed by atoms with Crippen molar-refractivity contribution in [3.05, 3.63) is 35.4 Å². The van der Waals surface area contributed by atoms with Gasteiger partial charge >= 0.3 is 5.97 Å². The Bertz CT molecular complexity index is 576. The number of carbonyl (C=O) groups is 1. The van der Waals surface area contributed by atoms with Crippen LogP contribution in [0.1, 0.15) is 80.6 Å². The summed E-state index contributed by atoms with van der Waals surface area (Å²) in [6.45, 7) is 2.24. The van der Waals surface area contributed by atoms with Crippen LogP contribution in [0.5, 0.6) is 0 Å². The Hall–Kier alpha value is -2.19. The van der Waals surface area contributed by atoms with E-state index in [1.807, 2.05) is 0 Å². The number of benzene rings is 1. The molecule has 0 unspecified atom stereocenters. The molecule has 0 radical (unpaired) electrons. The number of rotatable bonds is 9. The van der Waals surface area contributed by atoms with Crippen LogP contribution in [0.4, 0.5) is 0 Å². The van der Waals surface area contributed by atoms with Crippen molar-refractivity contribution in [2.75, 3.05) is 0 Å². The van der Waals surface area contributed by atoms with Gasteiger partial charge in [-0.2, -0.15) is 0 Å². The predicted octanol–water partition coefficient (Wildman–Crippen LogP) is 5.27. The zero-order valence-electron chi connectivity index (χ0n) is 14.0. The summed E-state index contributed by atoms with van der Waals surface area (Å²) in [6.07, 6.45) is 11.4. The molecule has 23 heavy (non-hydrogen) atoms. The van der Waals surface area contributed by atoms with Gasteiger partial charge in [-0.1, -0.05) is 63.7 Å². The summed E-state index contributed by atoms with van der Waals surface area (Å²) in [4.78, 5) is 10.7. The molecule has 1 N–H and O–H groups in total. The minimum atomic E-state index is -0.922. The van der Waals surface area contributed by atoms with Crippen LogP contribution in [0.2, 0.25) is 0 Å². The number of carboxylic acid groups (broad SMARTS) is 1. The second-order valence-electron chi connectivity index (χ2n) is 5.66. The molecule has 0 saturated carbocycles. The fourth-order valence-corrected chi connectivity index (χ4v) is 2.25. The lowest BCUT2D eigenvalue weighted by atomic mass is 10.1. The van der Waals surface area contributed by atoms with E-state index in [-0.39, 0.29) is 5.56 Å². The molecule has 1 aromatic rings. The van der Waals surface area contributed by atoms with E-state index < -0.39 is 5.97 Å². The Morgan fingerprint density at radius 3 is 2.13 bits per heavy atom. The van der Waals surface area contributed by atoms with E-state index >= 15 is 0 Å². The molecule has 0 saturated heterocycles. The molecule has 0 bridgehead atoms. The molecule has 0 aliphatic carbocycles. The van der Waals surface area contributed by atoms with Gasteiger partial charge in [0, 0.05) is 12.0 Å². The van der Waals surface area contributed by atoms with Crippen molar-refractivity contribution in [2.24, 2.45) is 0 Å². The third kappa shape index (κ3) is 9.43. The molecule has 0 atom stereocenters. The first-order valence-corrected chi connectivity index (χ1v) is 8.56. The van der Waals surface area contributed by atoms with Crippen LogP contribution in [0, 0.1) is 23.7 Å². The summed E-state index contributed by atoms with van der Waals surface area (Å²) in [7, 11) is 0. The third-order valence-electron chi connectivity index (χ3n) is 3.64. The topological polar surface area (TPSA) is 37.3 Å². The van der Waals surface area contributed by atoms with Crippen LogP contribution < -0.4 is 0 Å². The monoisotopic (exact) mass is 310 g/mol. The maximum atomic E-state index is 10.7. The second-order valence-corrected chi connectivity index (χ2v) is 5.66. The highest BCUT2D eigenvalue weighted by Gasteiger charge is 1.99. The Morgan fingerprint density at radius 1 is 0.913 bits per heavy atom. The molecule has 0 heterocycles. The largest absolute Gasteiger partial charge is 0.478 e. The average Bonchev–Trinajstić information content (AvgIpc) is 2.56. The van der Waals surface area contributed by atoms with Gasteiger partial charge in [0.2, 0.25) is 0 Å². The number of hydrogen-bond donors (Lipinski definition) is 1. The van der Waals surface area contributed by atoms with Gasteiger partial charge in [0.15, 0.2) is 0 Å². The normalized spacial score (nSPS) is 9.43. The van der Waals surface area contributed by atoms with Gasteiger partial charge in [-0.3, -0.25) is 0 Å². The highest BCUT2D eigenvalue weighted by Crippen LogP contribution is 2.09. The van der Waals surface area contributed by atoms with E-state index in [2.05, 4.69) is 30.6 Å². The van der Waals surface area contributed by atoms with E-state index in [1.54, 1.807) is 24.3 Å². The highest BCUT2D eigenvalue weighted by atomic mass is 16.4. The number of aromatic carboxylic acids is 1. The van der Waals surface area contributed by atoms with Crippen molar-refractivity contribution >= 4 is 5.97 Å².